The van der Waals surface area contributed by atoms with E-state index >= 15 is 0 Å². The highest BCUT2D eigenvalue weighted by molar-refractivity contribution is 6.20. The van der Waals surface area contributed by atoms with Gasteiger partial charge in [-0.05, 0) is 137 Å². The minimum atomic E-state index is -0.230. The van der Waals surface area contributed by atoms with Gasteiger partial charge < -0.3 is 47.4 Å². The number of hydrogen-bond acceptors (Lipinski definition) is 12. The summed E-state index contributed by atoms with van der Waals surface area (Å²) in [6.07, 6.45) is 13.2. The molecule has 0 N–H and O–H groups in total. The molecule has 0 radical (unpaired) electrons. The van der Waals surface area contributed by atoms with Crippen molar-refractivity contribution in [3.63, 3.8) is 0 Å². The summed E-state index contributed by atoms with van der Waals surface area (Å²) in [4.78, 5) is 28.8. The molecule has 0 aromatic heterocycles. The Balaban J connectivity index is 1.50. The number of carbonyl (C=O) groups excluding carboxylic acids is 2. The van der Waals surface area contributed by atoms with Gasteiger partial charge in [0.2, 0.25) is 0 Å². The minimum Gasteiger partial charge on any atom is -0.493 e. The Kier molecular flexibility index (Phi) is 25.7. The Hall–Kier alpha value is -7.08. The van der Waals surface area contributed by atoms with Crippen molar-refractivity contribution in [2.45, 2.75) is 172 Å². The second kappa shape index (κ2) is 33.4. The summed E-state index contributed by atoms with van der Waals surface area (Å²) < 4.78 is 66.5. The van der Waals surface area contributed by atoms with Crippen LogP contribution in [0.25, 0.3) is 0 Å². The summed E-state index contributed by atoms with van der Waals surface area (Å²) in [5.74, 6) is 6.73. The lowest BCUT2D eigenvalue weighted by Crippen LogP contribution is -2.17. The van der Waals surface area contributed by atoms with Crippen LogP contribution in [-0.4, -0.2) is 77.6 Å². The van der Waals surface area contributed by atoms with Crippen molar-refractivity contribution in [3.8, 4) is 57.5 Å². The van der Waals surface area contributed by atoms with Crippen molar-refractivity contribution in [2.24, 2.45) is 0 Å². The van der Waals surface area contributed by atoms with Gasteiger partial charge in [-0.15, -0.1) is 0 Å². The Morgan fingerprint density at radius 2 is 0.357 bits per heavy atom. The van der Waals surface area contributed by atoms with Crippen LogP contribution in [0.1, 0.15) is 189 Å². The molecular formula is C72H94O12. The van der Waals surface area contributed by atoms with E-state index in [0.29, 0.717) is 126 Å². The molecule has 0 saturated heterocycles. The van der Waals surface area contributed by atoms with Crippen molar-refractivity contribution in [1.29, 1.82) is 0 Å². The van der Waals surface area contributed by atoms with E-state index in [1.165, 1.54) is 12.2 Å². The molecule has 84 heavy (non-hydrogen) atoms. The summed E-state index contributed by atoms with van der Waals surface area (Å²) in [5, 5.41) is 0. The zero-order valence-corrected chi connectivity index (χ0v) is 52.2. The molecule has 0 spiro atoms. The standard InChI is InChI=1S/C72H94O12/c1-11-21-75-63-41-53-33-55-43-69(81-27-17-7)57(45-67(55)79-25-15-5)35-59-47-72(84-30-20-10)60(48-71(59)83-29-19-9)36-58-46-68(80-26-16-6)56(44-70(58)82-28-18-8)34-54-42-64(76-22-12-2)52(40-66(54)78-24-14-4)32-50-38-61(73)49(37-62(50)74)31-51(63)39-65(53)77-23-13-3/h37-48H,11-36H2,1-10H3. The first-order chi connectivity index (χ1) is 41.0. The van der Waals surface area contributed by atoms with Gasteiger partial charge in [-0.2, -0.15) is 0 Å². The Morgan fingerprint density at radius 3 is 0.488 bits per heavy atom. The molecule has 22 rings (SSSR count). The number of allylic oxidation sites excluding steroid dienone is 4. The molecule has 5 aromatic carbocycles. The van der Waals surface area contributed by atoms with Crippen molar-refractivity contribution in [3.05, 3.63) is 140 Å². The molecule has 0 fully saturated rings. The maximum absolute atomic E-state index is 14.4. The molecule has 17 aliphatic carbocycles. The molecule has 12 heteroatoms. The Bertz CT molecular complexity index is 2840. The lowest BCUT2D eigenvalue weighted by atomic mass is 9.88. The van der Waals surface area contributed by atoms with Gasteiger partial charge in [-0.1, -0.05) is 69.2 Å². The van der Waals surface area contributed by atoms with Crippen LogP contribution in [0.4, 0.5) is 0 Å². The van der Waals surface area contributed by atoms with Crippen molar-refractivity contribution >= 4 is 11.6 Å². The molecule has 12 bridgehead atoms. The highest BCUT2D eigenvalue weighted by Gasteiger charge is 2.27. The molecule has 5 aromatic rings. The van der Waals surface area contributed by atoms with Gasteiger partial charge in [0, 0.05) is 105 Å². The highest BCUT2D eigenvalue weighted by atomic mass is 16.5. The van der Waals surface area contributed by atoms with Gasteiger partial charge in [0.1, 0.15) is 57.5 Å². The summed E-state index contributed by atoms with van der Waals surface area (Å²) in [6, 6.07) is 20.9. The molecule has 17 aliphatic rings. The Labute approximate surface area is 501 Å². The maximum Gasteiger partial charge on any atom is 0.182 e. The molecule has 0 heterocycles. The van der Waals surface area contributed by atoms with Gasteiger partial charge >= 0.3 is 0 Å². The van der Waals surface area contributed by atoms with Crippen LogP contribution >= 0.6 is 0 Å². The first-order valence-electron chi connectivity index (χ1n) is 31.6. The average molecular weight is 1150 g/mol. The second-order valence-electron chi connectivity index (χ2n) is 22.0. The van der Waals surface area contributed by atoms with E-state index in [2.05, 4.69) is 106 Å². The third-order valence-corrected chi connectivity index (χ3v) is 14.4. The normalized spacial score (nSPS) is 13.3. The maximum atomic E-state index is 14.4. The van der Waals surface area contributed by atoms with E-state index in [9.17, 15) is 9.59 Å². The first-order valence-corrected chi connectivity index (χ1v) is 31.6. The number of hydrogen-bond donors (Lipinski definition) is 0. The molecule has 0 unspecified atom stereocenters. The predicted molar refractivity (Wildman–Crippen MR) is 335 cm³/mol. The quantitative estimate of drug-likeness (QED) is 0.0406. The van der Waals surface area contributed by atoms with Gasteiger partial charge in [0.05, 0.1) is 66.1 Å². The lowest BCUT2D eigenvalue weighted by Gasteiger charge is -2.23. The topological polar surface area (TPSA) is 126 Å². The monoisotopic (exact) mass is 1150 g/mol. The number of rotatable bonds is 30. The molecule has 0 amide bonds. The molecule has 0 atom stereocenters. The largest absolute Gasteiger partial charge is 0.493 e. The van der Waals surface area contributed by atoms with Crippen molar-refractivity contribution < 1.29 is 57.0 Å². The second-order valence-corrected chi connectivity index (χ2v) is 22.0. The predicted octanol–water partition coefficient (Wildman–Crippen LogP) is 16.0. The summed E-state index contributed by atoms with van der Waals surface area (Å²) >= 11 is 0. The number of ketones is 2. The molecule has 454 valence electrons. The molecular weight excluding hydrogens is 1060 g/mol. The SMILES string of the molecule is CCCOc1cc2c(OCCC)cc1CC1=CC(=O)C(=CC1=O)Cc1cc(OCCC)c(cc1OCCC)Cc1cc(OCCC)c(cc1OCCC)Cc1cc(OCCC)c(cc1OCCC)Cc1cc(OCCC)c(cc1OCCC)C2. The number of ether oxygens (including phenoxy) is 10. The van der Waals surface area contributed by atoms with Gasteiger partial charge in [-0.25, -0.2) is 0 Å². The van der Waals surface area contributed by atoms with Crippen molar-refractivity contribution in [2.75, 3.05) is 66.1 Å². The van der Waals surface area contributed by atoms with Gasteiger partial charge in [0.25, 0.3) is 0 Å². The summed E-state index contributed by atoms with van der Waals surface area (Å²) in [5.41, 5.74) is 9.79. The fraction of sp³-hybridized carbons (Fsp3) is 0.500. The third-order valence-electron chi connectivity index (χ3n) is 14.4. The van der Waals surface area contributed by atoms with E-state index in [1.54, 1.807) is 0 Å². The van der Waals surface area contributed by atoms with Crippen LogP contribution in [0.3, 0.4) is 0 Å². The third kappa shape index (κ3) is 17.5. The average Bonchev–Trinajstić information content (AvgIpc) is 3.36. The highest BCUT2D eigenvalue weighted by Crippen LogP contribution is 2.43. The van der Waals surface area contributed by atoms with E-state index in [1.807, 2.05) is 24.3 Å². The summed E-state index contributed by atoms with van der Waals surface area (Å²) in [7, 11) is 0. The minimum absolute atomic E-state index is 0.172. The molecule has 0 saturated carbocycles. The van der Waals surface area contributed by atoms with Crippen LogP contribution in [0.5, 0.6) is 57.5 Å². The molecule has 12 nitrogen and oxygen atoms in total. The van der Waals surface area contributed by atoms with Crippen LogP contribution in [-0.2, 0) is 48.1 Å². The fourth-order valence-corrected chi connectivity index (χ4v) is 10.2. The van der Waals surface area contributed by atoms with Crippen LogP contribution in [0.2, 0.25) is 0 Å². The first kappa shape index (κ1) is 64.5. The van der Waals surface area contributed by atoms with Crippen LogP contribution in [0, 0.1) is 0 Å². The van der Waals surface area contributed by atoms with E-state index in [-0.39, 0.29) is 24.4 Å². The van der Waals surface area contributed by atoms with Gasteiger partial charge in [-0.3, -0.25) is 9.59 Å². The summed E-state index contributed by atoms with van der Waals surface area (Å²) in [6.45, 7) is 26.0. The van der Waals surface area contributed by atoms with Crippen LogP contribution < -0.4 is 47.4 Å². The van der Waals surface area contributed by atoms with E-state index in [4.69, 9.17) is 47.4 Å². The zero-order valence-electron chi connectivity index (χ0n) is 52.2. The molecule has 0 aliphatic heterocycles. The van der Waals surface area contributed by atoms with Crippen molar-refractivity contribution in [1.82, 2.24) is 0 Å². The number of carbonyl (C=O) groups is 2. The van der Waals surface area contributed by atoms with E-state index < -0.39 is 0 Å². The van der Waals surface area contributed by atoms with Gasteiger partial charge in [0.15, 0.2) is 11.6 Å². The lowest BCUT2D eigenvalue weighted by molar-refractivity contribution is -0.115. The number of benzene rings is 5. The zero-order chi connectivity index (χ0) is 59.8. The Morgan fingerprint density at radius 1 is 0.226 bits per heavy atom. The van der Waals surface area contributed by atoms with E-state index in [0.717, 1.165) is 154 Å². The smallest absolute Gasteiger partial charge is 0.182 e. The van der Waals surface area contributed by atoms with Crippen LogP contribution in [0.15, 0.2) is 84.0 Å². The fourth-order valence-electron chi connectivity index (χ4n) is 10.2.